The van der Waals surface area contributed by atoms with Crippen LogP contribution in [0.25, 0.3) is 0 Å². The highest BCUT2D eigenvalue weighted by molar-refractivity contribution is 5.91. The third kappa shape index (κ3) is 7.12. The number of fused-ring (bicyclic) bond motifs is 2. The van der Waals surface area contributed by atoms with E-state index in [4.69, 9.17) is 14.2 Å². The maximum atomic E-state index is 13.4. The molecule has 0 bridgehead atoms. The molecule has 0 unspecified atom stereocenters. The molecule has 15 nitrogen and oxygen atoms in total. The van der Waals surface area contributed by atoms with Crippen LogP contribution in [0, 0.1) is 5.92 Å². The molecule has 3 atom stereocenters. The number of urea groups is 1. The lowest BCUT2D eigenvalue weighted by molar-refractivity contribution is -0.134. The fourth-order valence-corrected chi connectivity index (χ4v) is 4.87. The SMILES string of the molecule is C[C@@H]1CN([C@H](C)CO)C(=O)Cc2cc(NC(=O)Cn3cnnn3)ccc2O[C@H]1CN(C)C(=O)Nc1ccc2c(c1)OCO2. The average molecular weight is 595 g/mol. The van der Waals surface area contributed by atoms with Gasteiger partial charge in [-0.25, -0.2) is 9.48 Å². The molecule has 3 N–H and O–H groups in total. The minimum atomic E-state index is -0.509. The summed E-state index contributed by atoms with van der Waals surface area (Å²) in [5.74, 6) is 0.889. The van der Waals surface area contributed by atoms with Crippen LogP contribution < -0.4 is 24.8 Å². The minimum Gasteiger partial charge on any atom is -0.488 e. The van der Waals surface area contributed by atoms with Gasteiger partial charge in [-0.05, 0) is 47.7 Å². The summed E-state index contributed by atoms with van der Waals surface area (Å²) in [4.78, 5) is 42.2. The van der Waals surface area contributed by atoms with Gasteiger partial charge >= 0.3 is 6.03 Å². The average Bonchev–Trinajstić information content (AvgIpc) is 3.68. The van der Waals surface area contributed by atoms with Crippen LogP contribution in [0.3, 0.4) is 0 Å². The number of hydrogen-bond acceptors (Lipinski definition) is 10. The summed E-state index contributed by atoms with van der Waals surface area (Å²) >= 11 is 0. The third-order valence-electron chi connectivity index (χ3n) is 7.32. The predicted molar refractivity (Wildman–Crippen MR) is 153 cm³/mol. The molecule has 0 radical (unpaired) electrons. The normalized spacial score (nSPS) is 18.4. The number of rotatable bonds is 8. The van der Waals surface area contributed by atoms with Crippen molar-refractivity contribution >= 4 is 29.2 Å². The van der Waals surface area contributed by atoms with Gasteiger partial charge in [-0.3, -0.25) is 9.59 Å². The van der Waals surface area contributed by atoms with Crippen molar-refractivity contribution in [3.63, 3.8) is 0 Å². The Morgan fingerprint density at radius 1 is 1.12 bits per heavy atom. The molecular weight excluding hydrogens is 560 g/mol. The zero-order valence-corrected chi connectivity index (χ0v) is 24.1. The second-order valence-electron chi connectivity index (χ2n) is 10.6. The summed E-state index contributed by atoms with van der Waals surface area (Å²) in [5, 5.41) is 26.3. The van der Waals surface area contributed by atoms with Gasteiger partial charge < -0.3 is 39.8 Å². The Kier molecular flexibility index (Phi) is 8.90. The summed E-state index contributed by atoms with van der Waals surface area (Å²) < 4.78 is 18.5. The molecule has 1 aromatic heterocycles. The summed E-state index contributed by atoms with van der Waals surface area (Å²) in [6.45, 7) is 4.08. The maximum absolute atomic E-state index is 13.4. The first-order valence-electron chi connectivity index (χ1n) is 13.8. The Morgan fingerprint density at radius 3 is 2.60 bits per heavy atom. The summed E-state index contributed by atoms with van der Waals surface area (Å²) in [7, 11) is 1.66. The van der Waals surface area contributed by atoms with Crippen LogP contribution in [-0.4, -0.2) is 98.6 Å². The number of tetrazole rings is 1. The number of nitrogens with zero attached hydrogens (tertiary/aromatic N) is 6. The van der Waals surface area contributed by atoms with Gasteiger partial charge in [0, 0.05) is 42.5 Å². The van der Waals surface area contributed by atoms with Gasteiger partial charge in [-0.1, -0.05) is 6.92 Å². The number of hydrogen-bond donors (Lipinski definition) is 3. The Morgan fingerprint density at radius 2 is 1.86 bits per heavy atom. The Hall–Kier alpha value is -4.92. The molecule has 4 amide bonds. The van der Waals surface area contributed by atoms with E-state index >= 15 is 0 Å². The van der Waals surface area contributed by atoms with E-state index in [9.17, 15) is 19.5 Å². The number of carbonyl (C=O) groups is 3. The Bertz CT molecular complexity index is 1470. The molecule has 2 aliphatic heterocycles. The highest BCUT2D eigenvalue weighted by Crippen LogP contribution is 2.34. The van der Waals surface area contributed by atoms with E-state index in [1.165, 1.54) is 15.9 Å². The van der Waals surface area contributed by atoms with Crippen molar-refractivity contribution in [3.05, 3.63) is 48.3 Å². The number of ether oxygens (including phenoxy) is 3. The van der Waals surface area contributed by atoms with E-state index in [0.29, 0.717) is 40.7 Å². The molecule has 0 spiro atoms. The molecule has 0 saturated heterocycles. The third-order valence-corrected chi connectivity index (χ3v) is 7.32. The van der Waals surface area contributed by atoms with Gasteiger partial charge in [0.2, 0.25) is 18.6 Å². The molecule has 2 aromatic carbocycles. The summed E-state index contributed by atoms with van der Waals surface area (Å²) in [6, 6.07) is 9.45. The van der Waals surface area contributed by atoms with E-state index in [-0.39, 0.29) is 56.7 Å². The molecular formula is C28H34N8O7. The smallest absolute Gasteiger partial charge is 0.321 e. The van der Waals surface area contributed by atoms with E-state index in [1.807, 2.05) is 6.92 Å². The van der Waals surface area contributed by atoms with Crippen molar-refractivity contribution in [3.8, 4) is 17.2 Å². The highest BCUT2D eigenvalue weighted by atomic mass is 16.7. The van der Waals surface area contributed by atoms with Gasteiger partial charge in [-0.15, -0.1) is 5.10 Å². The largest absolute Gasteiger partial charge is 0.488 e. The van der Waals surface area contributed by atoms with Crippen LogP contribution >= 0.6 is 0 Å². The minimum absolute atomic E-state index is 0.00371. The predicted octanol–water partition coefficient (Wildman–Crippen LogP) is 1.35. The molecule has 3 heterocycles. The number of carbonyl (C=O) groups excluding carboxylic acids is 3. The van der Waals surface area contributed by atoms with Gasteiger partial charge in [0.05, 0.1) is 25.6 Å². The lowest BCUT2D eigenvalue weighted by Gasteiger charge is -2.34. The fourth-order valence-electron chi connectivity index (χ4n) is 4.87. The number of nitrogens with one attached hydrogen (secondary N) is 2. The maximum Gasteiger partial charge on any atom is 0.321 e. The first-order valence-corrected chi connectivity index (χ1v) is 13.8. The number of anilines is 2. The van der Waals surface area contributed by atoms with Crippen molar-refractivity contribution in [2.24, 2.45) is 5.92 Å². The highest BCUT2D eigenvalue weighted by Gasteiger charge is 2.32. The van der Waals surface area contributed by atoms with Crippen molar-refractivity contribution in [2.75, 3.05) is 44.2 Å². The molecule has 43 heavy (non-hydrogen) atoms. The first kappa shape index (κ1) is 29.6. The van der Waals surface area contributed by atoms with Gasteiger partial charge in [0.1, 0.15) is 24.7 Å². The number of aliphatic hydroxyl groups excluding tert-OH is 1. The second-order valence-corrected chi connectivity index (χ2v) is 10.6. The standard InChI is InChI=1S/C28H34N8O7/c1-17-11-36(18(2)14-37)27(39)9-19-8-20(30-26(38)13-35-15-29-32-33-35)4-6-22(19)43-25(17)12-34(3)28(40)31-21-5-7-23-24(10-21)42-16-41-23/h4-8,10,15,17-18,25,37H,9,11-14,16H2,1-3H3,(H,30,38)(H,31,40)/t17-,18-,25+/m1/s1. The van der Waals surface area contributed by atoms with Crippen LogP contribution in [0.15, 0.2) is 42.7 Å². The van der Waals surface area contributed by atoms with Gasteiger partial charge in [0.25, 0.3) is 0 Å². The number of aliphatic hydroxyl groups is 1. The van der Waals surface area contributed by atoms with Crippen LogP contribution in [0.2, 0.25) is 0 Å². The topological polar surface area (TPSA) is 173 Å². The van der Waals surface area contributed by atoms with E-state index in [2.05, 4.69) is 26.2 Å². The van der Waals surface area contributed by atoms with Crippen LogP contribution in [0.4, 0.5) is 16.2 Å². The van der Waals surface area contributed by atoms with Crippen molar-refractivity contribution in [1.82, 2.24) is 30.0 Å². The Labute approximate surface area is 247 Å². The van der Waals surface area contributed by atoms with E-state index in [0.717, 1.165) is 0 Å². The second kappa shape index (κ2) is 12.9. The zero-order valence-electron chi connectivity index (χ0n) is 24.1. The number of aromatic nitrogens is 4. The molecule has 228 valence electrons. The van der Waals surface area contributed by atoms with Gasteiger partial charge in [0.15, 0.2) is 11.5 Å². The molecule has 5 rings (SSSR count). The van der Waals surface area contributed by atoms with Gasteiger partial charge in [-0.2, -0.15) is 0 Å². The lowest BCUT2D eigenvalue weighted by atomic mass is 10.0. The molecule has 0 aliphatic carbocycles. The summed E-state index contributed by atoms with van der Waals surface area (Å²) in [5.41, 5.74) is 1.59. The monoisotopic (exact) mass is 594 g/mol. The van der Waals surface area contributed by atoms with Crippen molar-refractivity contribution < 1.29 is 33.7 Å². The first-order chi connectivity index (χ1) is 20.7. The molecule has 15 heteroatoms. The molecule has 0 fully saturated rings. The fraction of sp³-hybridized carbons (Fsp3) is 0.429. The van der Waals surface area contributed by atoms with Crippen LogP contribution in [-0.2, 0) is 22.6 Å². The quantitative estimate of drug-likeness (QED) is 0.346. The number of amides is 4. The lowest BCUT2D eigenvalue weighted by Crippen LogP contribution is -2.48. The van der Waals surface area contributed by atoms with Crippen LogP contribution in [0.1, 0.15) is 19.4 Å². The number of likely N-dealkylation sites (N-methyl/N-ethyl adjacent to an activating group) is 1. The van der Waals surface area contributed by atoms with Crippen molar-refractivity contribution in [2.45, 2.75) is 39.0 Å². The van der Waals surface area contributed by atoms with E-state index in [1.54, 1.807) is 55.3 Å². The van der Waals surface area contributed by atoms with E-state index < -0.39 is 12.1 Å². The molecule has 2 aliphatic rings. The molecule has 0 saturated carbocycles. The van der Waals surface area contributed by atoms with Crippen LogP contribution in [0.5, 0.6) is 17.2 Å². The molecule has 3 aromatic rings. The summed E-state index contributed by atoms with van der Waals surface area (Å²) in [6.07, 6.45) is 0.822. The number of benzene rings is 2. The zero-order chi connectivity index (χ0) is 30.5. The van der Waals surface area contributed by atoms with Crippen molar-refractivity contribution in [1.29, 1.82) is 0 Å². The Balaban J connectivity index is 1.34.